The number of amides is 1. The SMILES string of the molecule is O=C(CCCSc1ccccc1Br)NO. The zero-order valence-electron chi connectivity index (χ0n) is 8.07. The molecule has 1 aromatic carbocycles. The molecule has 0 aliphatic rings. The van der Waals surface area contributed by atoms with Crippen LogP contribution in [0, 0.1) is 0 Å². The van der Waals surface area contributed by atoms with Crippen LogP contribution >= 0.6 is 27.7 Å². The van der Waals surface area contributed by atoms with Crippen molar-refractivity contribution in [3.8, 4) is 0 Å². The Balaban J connectivity index is 2.26. The molecular formula is C10H12BrNO2S. The molecule has 0 aliphatic heterocycles. The Morgan fingerprint density at radius 1 is 1.47 bits per heavy atom. The Bertz CT molecular complexity index is 333. The van der Waals surface area contributed by atoms with Crippen molar-refractivity contribution in [3.63, 3.8) is 0 Å². The maximum atomic E-state index is 10.7. The van der Waals surface area contributed by atoms with Crippen molar-refractivity contribution in [2.45, 2.75) is 17.7 Å². The molecular weight excluding hydrogens is 278 g/mol. The predicted octanol–water partition coefficient (Wildman–Crippen LogP) is 2.83. The number of thioether (sulfide) groups is 1. The molecule has 1 rings (SSSR count). The fraction of sp³-hybridized carbons (Fsp3) is 0.300. The molecule has 0 radical (unpaired) electrons. The van der Waals surface area contributed by atoms with E-state index in [0.29, 0.717) is 6.42 Å². The summed E-state index contributed by atoms with van der Waals surface area (Å²) in [6.45, 7) is 0. The van der Waals surface area contributed by atoms with Gasteiger partial charge in [0.15, 0.2) is 0 Å². The van der Waals surface area contributed by atoms with Gasteiger partial charge in [0.05, 0.1) is 0 Å². The molecule has 0 spiro atoms. The Morgan fingerprint density at radius 3 is 2.87 bits per heavy atom. The summed E-state index contributed by atoms with van der Waals surface area (Å²) in [4.78, 5) is 11.9. The van der Waals surface area contributed by atoms with Crippen molar-refractivity contribution < 1.29 is 10.0 Å². The number of nitrogens with one attached hydrogen (secondary N) is 1. The molecule has 5 heteroatoms. The fourth-order valence-corrected chi connectivity index (χ4v) is 2.55. The summed E-state index contributed by atoms with van der Waals surface area (Å²) in [6.07, 6.45) is 1.10. The van der Waals surface area contributed by atoms with Gasteiger partial charge in [0, 0.05) is 15.8 Å². The molecule has 0 unspecified atom stereocenters. The summed E-state index contributed by atoms with van der Waals surface area (Å²) in [7, 11) is 0. The summed E-state index contributed by atoms with van der Waals surface area (Å²) in [6, 6.07) is 7.96. The minimum atomic E-state index is -0.331. The molecule has 0 aliphatic carbocycles. The molecule has 0 fully saturated rings. The van der Waals surface area contributed by atoms with E-state index in [0.717, 1.165) is 16.6 Å². The van der Waals surface area contributed by atoms with E-state index in [2.05, 4.69) is 15.9 Å². The lowest BCUT2D eigenvalue weighted by molar-refractivity contribution is -0.129. The average molecular weight is 290 g/mol. The van der Waals surface area contributed by atoms with Gasteiger partial charge in [-0.25, -0.2) is 5.48 Å². The first-order chi connectivity index (χ1) is 7.24. The zero-order valence-corrected chi connectivity index (χ0v) is 10.5. The molecule has 0 bridgehead atoms. The van der Waals surface area contributed by atoms with Gasteiger partial charge in [0.2, 0.25) is 5.91 Å². The van der Waals surface area contributed by atoms with Crippen LogP contribution in [0.25, 0.3) is 0 Å². The van der Waals surface area contributed by atoms with Crippen LogP contribution < -0.4 is 5.48 Å². The minimum absolute atomic E-state index is 0.331. The Morgan fingerprint density at radius 2 is 2.20 bits per heavy atom. The molecule has 0 saturated heterocycles. The second-order valence-corrected chi connectivity index (χ2v) is 4.91. The van der Waals surface area contributed by atoms with Crippen LogP contribution in [0.15, 0.2) is 33.6 Å². The summed E-state index contributed by atoms with van der Waals surface area (Å²) in [5, 5.41) is 8.28. The van der Waals surface area contributed by atoms with Crippen LogP contribution in [0.4, 0.5) is 0 Å². The van der Waals surface area contributed by atoms with E-state index < -0.39 is 0 Å². The van der Waals surface area contributed by atoms with Crippen LogP contribution in [0.5, 0.6) is 0 Å². The van der Waals surface area contributed by atoms with Gasteiger partial charge in [-0.2, -0.15) is 0 Å². The largest absolute Gasteiger partial charge is 0.289 e. The van der Waals surface area contributed by atoms with Crippen LogP contribution in [0.1, 0.15) is 12.8 Å². The fourth-order valence-electron chi connectivity index (χ4n) is 1.03. The van der Waals surface area contributed by atoms with Gasteiger partial charge in [0.1, 0.15) is 0 Å². The van der Waals surface area contributed by atoms with Crippen molar-refractivity contribution in [2.24, 2.45) is 0 Å². The van der Waals surface area contributed by atoms with E-state index in [1.165, 1.54) is 4.90 Å². The maximum Gasteiger partial charge on any atom is 0.243 e. The molecule has 0 aromatic heterocycles. The van der Waals surface area contributed by atoms with Crippen molar-refractivity contribution in [2.75, 3.05) is 5.75 Å². The number of hydroxylamine groups is 1. The smallest absolute Gasteiger partial charge is 0.243 e. The van der Waals surface area contributed by atoms with Crippen LogP contribution in [-0.4, -0.2) is 16.9 Å². The highest BCUT2D eigenvalue weighted by Gasteiger charge is 2.01. The number of halogens is 1. The molecule has 1 aromatic rings. The molecule has 15 heavy (non-hydrogen) atoms. The molecule has 1 amide bonds. The van der Waals surface area contributed by atoms with E-state index in [1.54, 1.807) is 17.2 Å². The number of carbonyl (C=O) groups excluding carboxylic acids is 1. The van der Waals surface area contributed by atoms with Gasteiger partial charge in [-0.3, -0.25) is 10.0 Å². The monoisotopic (exact) mass is 289 g/mol. The molecule has 2 N–H and O–H groups in total. The van der Waals surface area contributed by atoms with E-state index in [1.807, 2.05) is 24.3 Å². The number of benzene rings is 1. The summed E-state index contributed by atoms with van der Waals surface area (Å²) in [5.74, 6) is 0.526. The molecule has 0 heterocycles. The standard InChI is InChI=1S/C10H12BrNO2S/c11-8-4-1-2-5-9(8)15-7-3-6-10(13)12-14/h1-2,4-5,14H,3,6-7H2,(H,12,13). The highest BCUT2D eigenvalue weighted by molar-refractivity contribution is 9.10. The Kier molecular flexibility index (Phi) is 5.75. The van der Waals surface area contributed by atoms with Crippen molar-refractivity contribution in [1.82, 2.24) is 5.48 Å². The normalized spacial score (nSPS) is 10.0. The predicted molar refractivity (Wildman–Crippen MR) is 64.0 cm³/mol. The third-order valence-corrected chi connectivity index (χ3v) is 3.88. The lowest BCUT2D eigenvalue weighted by Gasteiger charge is -2.03. The topological polar surface area (TPSA) is 49.3 Å². The maximum absolute atomic E-state index is 10.7. The third-order valence-electron chi connectivity index (χ3n) is 1.77. The Labute approximate surface area is 101 Å². The number of carbonyl (C=O) groups is 1. The van der Waals surface area contributed by atoms with Crippen molar-refractivity contribution in [3.05, 3.63) is 28.7 Å². The van der Waals surface area contributed by atoms with Crippen LogP contribution in [0.3, 0.4) is 0 Å². The van der Waals surface area contributed by atoms with E-state index in [4.69, 9.17) is 5.21 Å². The molecule has 0 saturated carbocycles. The summed E-state index contributed by atoms with van der Waals surface area (Å²) in [5.41, 5.74) is 1.62. The highest BCUT2D eigenvalue weighted by Crippen LogP contribution is 2.27. The lowest BCUT2D eigenvalue weighted by atomic mass is 10.3. The third kappa shape index (κ3) is 4.68. The number of rotatable bonds is 5. The first kappa shape index (κ1) is 12.5. The second-order valence-electron chi connectivity index (χ2n) is 2.92. The summed E-state index contributed by atoms with van der Waals surface area (Å²) < 4.78 is 1.07. The molecule has 82 valence electrons. The highest BCUT2D eigenvalue weighted by atomic mass is 79.9. The summed E-state index contributed by atoms with van der Waals surface area (Å²) >= 11 is 5.14. The van der Waals surface area contributed by atoms with Gasteiger partial charge in [0.25, 0.3) is 0 Å². The van der Waals surface area contributed by atoms with Gasteiger partial charge in [-0.05, 0) is 40.2 Å². The van der Waals surface area contributed by atoms with Gasteiger partial charge >= 0.3 is 0 Å². The molecule has 3 nitrogen and oxygen atoms in total. The quantitative estimate of drug-likeness (QED) is 0.379. The van der Waals surface area contributed by atoms with E-state index >= 15 is 0 Å². The number of hydrogen-bond acceptors (Lipinski definition) is 3. The second kappa shape index (κ2) is 6.87. The van der Waals surface area contributed by atoms with Crippen molar-refractivity contribution >= 4 is 33.6 Å². The van der Waals surface area contributed by atoms with Gasteiger partial charge in [-0.15, -0.1) is 11.8 Å². The first-order valence-electron chi connectivity index (χ1n) is 4.54. The van der Waals surface area contributed by atoms with Gasteiger partial charge < -0.3 is 0 Å². The van der Waals surface area contributed by atoms with Crippen LogP contribution in [0.2, 0.25) is 0 Å². The number of hydrogen-bond donors (Lipinski definition) is 2. The van der Waals surface area contributed by atoms with E-state index in [9.17, 15) is 4.79 Å². The Hall–Kier alpha value is -0.520. The first-order valence-corrected chi connectivity index (χ1v) is 6.32. The zero-order chi connectivity index (χ0) is 11.1. The van der Waals surface area contributed by atoms with Crippen LogP contribution in [-0.2, 0) is 4.79 Å². The minimum Gasteiger partial charge on any atom is -0.289 e. The average Bonchev–Trinajstić information content (AvgIpc) is 2.26. The molecule has 0 atom stereocenters. The van der Waals surface area contributed by atoms with E-state index in [-0.39, 0.29) is 5.91 Å². The van der Waals surface area contributed by atoms with Gasteiger partial charge in [-0.1, -0.05) is 12.1 Å². The van der Waals surface area contributed by atoms with Crippen molar-refractivity contribution in [1.29, 1.82) is 0 Å². The lowest BCUT2D eigenvalue weighted by Crippen LogP contribution is -2.17.